The van der Waals surface area contributed by atoms with E-state index in [4.69, 9.17) is 4.74 Å². The molecule has 7 heteroatoms. The van der Waals surface area contributed by atoms with Crippen LogP contribution < -0.4 is 5.32 Å². The predicted molar refractivity (Wildman–Crippen MR) is 112 cm³/mol. The molecule has 0 bridgehead atoms. The zero-order chi connectivity index (χ0) is 20.3. The fourth-order valence-corrected chi connectivity index (χ4v) is 3.57. The average Bonchev–Trinajstić information content (AvgIpc) is 2.98. The largest absolute Gasteiger partial charge is 0.462 e. The first-order valence-electron chi connectivity index (χ1n) is 9.14. The van der Waals surface area contributed by atoms with E-state index in [2.05, 4.69) is 26.2 Å². The molecule has 0 fully saturated rings. The Hall–Kier alpha value is -2.67. The molecule has 3 rings (SSSR count). The van der Waals surface area contributed by atoms with Gasteiger partial charge >= 0.3 is 5.97 Å². The Labute approximate surface area is 172 Å². The van der Waals surface area contributed by atoms with E-state index in [1.54, 1.807) is 35.6 Å². The van der Waals surface area contributed by atoms with Crippen molar-refractivity contribution < 1.29 is 14.3 Å². The lowest BCUT2D eigenvalue weighted by Gasteiger charge is -2.09. The lowest BCUT2D eigenvalue weighted by molar-refractivity contribution is 0.0499. The van der Waals surface area contributed by atoms with Crippen molar-refractivity contribution in [3.05, 3.63) is 63.5 Å². The van der Waals surface area contributed by atoms with Crippen LogP contribution in [-0.2, 0) is 4.74 Å². The number of halogens is 1. The van der Waals surface area contributed by atoms with Crippen molar-refractivity contribution in [2.45, 2.75) is 33.6 Å². The van der Waals surface area contributed by atoms with Gasteiger partial charge in [0.05, 0.1) is 22.3 Å². The van der Waals surface area contributed by atoms with Crippen LogP contribution in [0.1, 0.15) is 51.9 Å². The fourth-order valence-electron chi connectivity index (χ4n) is 2.93. The van der Waals surface area contributed by atoms with Gasteiger partial charge < -0.3 is 10.1 Å². The Morgan fingerprint density at radius 3 is 2.79 bits per heavy atom. The molecule has 0 saturated heterocycles. The van der Waals surface area contributed by atoms with E-state index in [1.807, 2.05) is 26.1 Å². The quantitative estimate of drug-likeness (QED) is 0.433. The number of amides is 1. The van der Waals surface area contributed by atoms with Crippen LogP contribution in [0.4, 0.5) is 5.69 Å². The molecular weight excluding hydrogens is 422 g/mol. The molecule has 0 aliphatic rings. The monoisotopic (exact) mass is 443 g/mol. The van der Waals surface area contributed by atoms with Crippen LogP contribution >= 0.6 is 15.9 Å². The number of anilines is 1. The molecule has 1 aromatic carbocycles. The Kier molecular flexibility index (Phi) is 6.14. The summed E-state index contributed by atoms with van der Waals surface area (Å²) in [5.41, 5.74) is 3.69. The second-order valence-corrected chi connectivity index (χ2v) is 7.48. The van der Waals surface area contributed by atoms with Gasteiger partial charge in [-0.2, -0.15) is 0 Å². The van der Waals surface area contributed by atoms with Crippen molar-refractivity contribution in [1.82, 2.24) is 9.38 Å². The smallest absolute Gasteiger partial charge is 0.338 e. The van der Waals surface area contributed by atoms with E-state index in [-0.39, 0.29) is 5.91 Å². The number of carbonyl (C=O) groups is 2. The van der Waals surface area contributed by atoms with Crippen LogP contribution in [0, 0.1) is 13.8 Å². The van der Waals surface area contributed by atoms with Crippen molar-refractivity contribution in [2.24, 2.45) is 0 Å². The van der Waals surface area contributed by atoms with Crippen LogP contribution in [0.5, 0.6) is 0 Å². The minimum absolute atomic E-state index is 0.293. The number of imidazole rings is 1. The Bertz CT molecular complexity index is 1040. The maximum Gasteiger partial charge on any atom is 0.338 e. The summed E-state index contributed by atoms with van der Waals surface area (Å²) in [4.78, 5) is 29.5. The van der Waals surface area contributed by atoms with Crippen LogP contribution in [0.15, 0.2) is 41.0 Å². The number of nitrogens with zero attached hydrogens (tertiary/aromatic N) is 2. The molecule has 28 heavy (non-hydrogen) atoms. The number of esters is 1. The Morgan fingerprint density at radius 2 is 2.04 bits per heavy atom. The number of aromatic nitrogens is 2. The summed E-state index contributed by atoms with van der Waals surface area (Å²) in [5.74, 6) is -0.686. The average molecular weight is 444 g/mol. The summed E-state index contributed by atoms with van der Waals surface area (Å²) in [6.45, 7) is 6.17. The molecule has 146 valence electrons. The van der Waals surface area contributed by atoms with Crippen molar-refractivity contribution in [3.8, 4) is 0 Å². The second-order valence-electron chi connectivity index (χ2n) is 6.63. The minimum atomic E-state index is -0.393. The van der Waals surface area contributed by atoms with Gasteiger partial charge in [-0.1, -0.05) is 19.4 Å². The molecule has 0 radical (unpaired) electrons. The molecule has 3 aromatic rings. The molecule has 0 aliphatic heterocycles. The highest BCUT2D eigenvalue weighted by atomic mass is 79.9. The summed E-state index contributed by atoms with van der Waals surface area (Å²) in [7, 11) is 0. The number of aryl methyl sites for hydroxylation is 2. The highest BCUT2D eigenvalue weighted by Gasteiger charge is 2.19. The highest BCUT2D eigenvalue weighted by Crippen LogP contribution is 2.23. The number of fused-ring (bicyclic) bond motifs is 1. The molecule has 0 saturated carbocycles. The summed E-state index contributed by atoms with van der Waals surface area (Å²) in [6.07, 6.45) is 3.65. The van der Waals surface area contributed by atoms with Crippen molar-refractivity contribution in [1.29, 1.82) is 0 Å². The third-order valence-electron chi connectivity index (χ3n) is 4.29. The third-order valence-corrected chi connectivity index (χ3v) is 4.87. The Morgan fingerprint density at radius 1 is 1.25 bits per heavy atom. The number of nitrogens with one attached hydrogen (secondary N) is 1. The lowest BCUT2D eigenvalue weighted by Crippen LogP contribution is -2.16. The molecule has 2 heterocycles. The van der Waals surface area contributed by atoms with Gasteiger partial charge in [0.25, 0.3) is 5.91 Å². The van der Waals surface area contributed by atoms with Gasteiger partial charge in [0.1, 0.15) is 5.69 Å². The second kappa shape index (κ2) is 8.56. The third kappa shape index (κ3) is 4.25. The normalized spacial score (nSPS) is 10.9. The van der Waals surface area contributed by atoms with Crippen LogP contribution in [0.25, 0.3) is 5.65 Å². The molecule has 0 spiro atoms. The number of pyridine rings is 1. The van der Waals surface area contributed by atoms with Crippen LogP contribution in [0.2, 0.25) is 0 Å². The molecule has 0 unspecified atom stereocenters. The standard InChI is InChI=1S/C21H22BrN3O3/c1-4-5-9-28-21(27)15-7-6-8-16(11-15)24-20(26)18-14(3)23-19-17(22)10-13(2)12-25(18)19/h6-8,10-12H,4-5,9H2,1-3H3,(H,24,26). The maximum atomic E-state index is 12.9. The maximum absolute atomic E-state index is 12.9. The van der Waals surface area contributed by atoms with Crippen LogP contribution in [-0.4, -0.2) is 27.9 Å². The predicted octanol–water partition coefficient (Wildman–Crippen LogP) is 4.92. The number of rotatable bonds is 6. The van der Waals surface area contributed by atoms with E-state index in [1.165, 1.54) is 0 Å². The number of benzene rings is 1. The molecule has 0 atom stereocenters. The summed E-state index contributed by atoms with van der Waals surface area (Å²) < 4.78 is 7.83. The first-order chi connectivity index (χ1) is 13.4. The molecule has 2 aromatic heterocycles. The van der Waals surface area contributed by atoms with Gasteiger partial charge in [-0.05, 0) is 66.0 Å². The summed E-state index contributed by atoms with van der Waals surface area (Å²) in [5, 5.41) is 2.86. The summed E-state index contributed by atoms with van der Waals surface area (Å²) >= 11 is 3.50. The topological polar surface area (TPSA) is 72.7 Å². The number of hydrogen-bond donors (Lipinski definition) is 1. The zero-order valence-corrected chi connectivity index (χ0v) is 17.7. The van der Waals surface area contributed by atoms with Gasteiger partial charge in [-0.3, -0.25) is 9.20 Å². The van der Waals surface area contributed by atoms with Crippen molar-refractivity contribution >= 4 is 39.1 Å². The van der Waals surface area contributed by atoms with Crippen LogP contribution in [0.3, 0.4) is 0 Å². The molecule has 0 aliphatic carbocycles. The fraction of sp³-hybridized carbons (Fsp3) is 0.286. The SMILES string of the molecule is CCCCOC(=O)c1cccc(NC(=O)c2c(C)nc3c(Br)cc(C)cn23)c1. The molecule has 1 N–H and O–H groups in total. The summed E-state index contributed by atoms with van der Waals surface area (Å²) in [6, 6.07) is 8.70. The first-order valence-corrected chi connectivity index (χ1v) is 9.93. The van der Waals surface area contributed by atoms with Gasteiger partial charge in [0.15, 0.2) is 5.65 Å². The van der Waals surface area contributed by atoms with E-state index in [9.17, 15) is 9.59 Å². The van der Waals surface area contributed by atoms with Gasteiger partial charge in [0, 0.05) is 11.9 Å². The number of carbonyl (C=O) groups excluding carboxylic acids is 2. The van der Waals surface area contributed by atoms with E-state index < -0.39 is 5.97 Å². The highest BCUT2D eigenvalue weighted by molar-refractivity contribution is 9.10. The zero-order valence-electron chi connectivity index (χ0n) is 16.1. The molecule has 1 amide bonds. The van der Waals surface area contributed by atoms with Gasteiger partial charge in [-0.15, -0.1) is 0 Å². The van der Waals surface area contributed by atoms with E-state index in [0.29, 0.717) is 34.9 Å². The van der Waals surface area contributed by atoms with Gasteiger partial charge in [0.2, 0.25) is 0 Å². The number of hydrogen-bond acceptors (Lipinski definition) is 4. The van der Waals surface area contributed by atoms with Gasteiger partial charge in [-0.25, -0.2) is 9.78 Å². The lowest BCUT2D eigenvalue weighted by atomic mass is 10.2. The first kappa shape index (κ1) is 20.1. The Balaban J connectivity index is 1.84. The van der Waals surface area contributed by atoms with Crippen molar-refractivity contribution in [2.75, 3.05) is 11.9 Å². The van der Waals surface area contributed by atoms with E-state index in [0.717, 1.165) is 22.9 Å². The molecule has 6 nitrogen and oxygen atoms in total. The molecular formula is C21H22BrN3O3. The number of ether oxygens (including phenoxy) is 1. The minimum Gasteiger partial charge on any atom is -0.462 e. The van der Waals surface area contributed by atoms with E-state index >= 15 is 0 Å². The number of unbranched alkanes of at least 4 members (excludes halogenated alkanes) is 1. The van der Waals surface area contributed by atoms with Crippen molar-refractivity contribution in [3.63, 3.8) is 0 Å².